The largest absolute Gasteiger partial charge is 0.354 e. The number of nitrogens with two attached hydrogens (primary N) is 3. The van der Waals surface area contributed by atoms with Crippen molar-refractivity contribution in [1.29, 1.82) is 0 Å². The van der Waals surface area contributed by atoms with E-state index in [9.17, 15) is 19.2 Å². The maximum Gasteiger partial charge on any atom is 0.243 e. The maximum absolute atomic E-state index is 12.6. The first kappa shape index (κ1) is 38.7. The predicted molar refractivity (Wildman–Crippen MR) is 174 cm³/mol. The van der Waals surface area contributed by atoms with Gasteiger partial charge >= 0.3 is 0 Å². The molecule has 8 N–H and O–H groups in total. The molecule has 0 spiro atoms. The average molecular weight is 607 g/mol. The molecule has 4 unspecified atom stereocenters. The minimum atomic E-state index is -0.779. The standard InChI is InChI=1S/C33H62N6O4/c1-2-3-4-5-6-7-8-9-10-11-12-13-14-15-16-19-31(41)38-29(25-34)33(43)37-23-22-28(36)30-18-17-24-39(30)32(42)21-20-27(35)26-40/h9-10,26-30H,2-8,11-25,34-36H2,1H3,(H,37,43)(H,38,41)/b10-9-. The monoisotopic (exact) mass is 606 g/mol. The minimum Gasteiger partial charge on any atom is -0.354 e. The molecule has 248 valence electrons. The predicted octanol–water partition coefficient (Wildman–Crippen LogP) is 3.60. The number of carbonyl (C=O) groups is 4. The Labute approximate surface area is 260 Å². The molecule has 0 aliphatic carbocycles. The Balaban J connectivity index is 2.15. The van der Waals surface area contributed by atoms with Gasteiger partial charge in [-0.15, -0.1) is 0 Å². The SMILES string of the molecule is CCCCCCCC/C=C\CCCCCCCC(=O)NC(CN)C(=O)NCCC(N)C1CCCN1C(=O)CCC(N)C=O. The number of aldehydes is 1. The second kappa shape index (κ2) is 25.1. The van der Waals surface area contributed by atoms with Crippen LogP contribution in [0, 0.1) is 0 Å². The van der Waals surface area contributed by atoms with Crippen molar-refractivity contribution in [3.63, 3.8) is 0 Å². The molecule has 1 aliphatic heterocycles. The third kappa shape index (κ3) is 18.2. The van der Waals surface area contributed by atoms with E-state index in [0.717, 1.165) is 38.5 Å². The van der Waals surface area contributed by atoms with Crippen LogP contribution in [0.15, 0.2) is 12.2 Å². The highest BCUT2D eigenvalue weighted by molar-refractivity contribution is 5.87. The number of carbonyl (C=O) groups excluding carboxylic acids is 4. The zero-order valence-corrected chi connectivity index (χ0v) is 26.9. The van der Waals surface area contributed by atoms with Crippen LogP contribution in [0.5, 0.6) is 0 Å². The van der Waals surface area contributed by atoms with Gasteiger partial charge < -0.3 is 37.5 Å². The maximum atomic E-state index is 12.6. The Morgan fingerprint density at radius 2 is 1.51 bits per heavy atom. The van der Waals surface area contributed by atoms with E-state index >= 15 is 0 Å². The van der Waals surface area contributed by atoms with Gasteiger partial charge in [0.15, 0.2) is 0 Å². The highest BCUT2D eigenvalue weighted by Crippen LogP contribution is 2.22. The Bertz CT molecular complexity index is 808. The smallest absolute Gasteiger partial charge is 0.243 e. The zero-order valence-electron chi connectivity index (χ0n) is 26.9. The van der Waals surface area contributed by atoms with Crippen molar-refractivity contribution < 1.29 is 19.2 Å². The van der Waals surface area contributed by atoms with Crippen molar-refractivity contribution >= 4 is 24.0 Å². The van der Waals surface area contributed by atoms with Gasteiger partial charge in [0.25, 0.3) is 0 Å². The molecule has 0 saturated carbocycles. The topological polar surface area (TPSA) is 174 Å². The highest BCUT2D eigenvalue weighted by atomic mass is 16.2. The lowest BCUT2D eigenvalue weighted by Gasteiger charge is -2.30. The summed E-state index contributed by atoms with van der Waals surface area (Å²) in [5.41, 5.74) is 17.8. The van der Waals surface area contributed by atoms with Crippen LogP contribution in [0.2, 0.25) is 0 Å². The molecule has 0 aromatic rings. The van der Waals surface area contributed by atoms with Crippen molar-refractivity contribution in [3.05, 3.63) is 12.2 Å². The number of hydrogen-bond donors (Lipinski definition) is 5. The first-order chi connectivity index (χ1) is 20.8. The molecule has 10 nitrogen and oxygen atoms in total. The van der Waals surface area contributed by atoms with E-state index in [1.165, 1.54) is 57.8 Å². The van der Waals surface area contributed by atoms with Gasteiger partial charge in [0.2, 0.25) is 17.7 Å². The van der Waals surface area contributed by atoms with Crippen LogP contribution in [0.25, 0.3) is 0 Å². The van der Waals surface area contributed by atoms with E-state index in [2.05, 4.69) is 29.7 Å². The Kier molecular flexibility index (Phi) is 22.6. The highest BCUT2D eigenvalue weighted by Gasteiger charge is 2.32. The van der Waals surface area contributed by atoms with Gasteiger partial charge in [0.1, 0.15) is 12.3 Å². The van der Waals surface area contributed by atoms with Gasteiger partial charge in [-0.2, -0.15) is 0 Å². The Morgan fingerprint density at radius 1 is 0.884 bits per heavy atom. The summed E-state index contributed by atoms with van der Waals surface area (Å²) < 4.78 is 0. The van der Waals surface area contributed by atoms with Crippen molar-refractivity contribution in [1.82, 2.24) is 15.5 Å². The molecule has 0 bridgehead atoms. The first-order valence-electron chi connectivity index (χ1n) is 17.0. The number of unbranched alkanes of at least 4 members (excludes halogenated alkanes) is 11. The van der Waals surface area contributed by atoms with Crippen molar-refractivity contribution in [3.8, 4) is 0 Å². The van der Waals surface area contributed by atoms with E-state index in [-0.39, 0.29) is 42.8 Å². The number of likely N-dealkylation sites (tertiary alicyclic amines) is 1. The zero-order chi connectivity index (χ0) is 31.7. The summed E-state index contributed by atoms with van der Waals surface area (Å²) in [5.74, 6) is -0.527. The molecule has 1 heterocycles. The van der Waals surface area contributed by atoms with E-state index in [4.69, 9.17) is 17.2 Å². The minimum absolute atomic E-state index is 0.0177. The third-order valence-electron chi connectivity index (χ3n) is 8.31. The molecule has 0 aromatic carbocycles. The van der Waals surface area contributed by atoms with Gasteiger partial charge in [-0.05, 0) is 57.8 Å². The average Bonchev–Trinajstić information content (AvgIpc) is 3.50. The van der Waals surface area contributed by atoms with E-state index < -0.39 is 12.1 Å². The van der Waals surface area contributed by atoms with Crippen LogP contribution in [0.3, 0.4) is 0 Å². The summed E-state index contributed by atoms with van der Waals surface area (Å²) in [6, 6.07) is -1.81. The summed E-state index contributed by atoms with van der Waals surface area (Å²) >= 11 is 0. The molecule has 4 atom stereocenters. The Morgan fingerprint density at radius 3 is 2.14 bits per heavy atom. The summed E-state index contributed by atoms with van der Waals surface area (Å²) in [6.07, 6.45) is 24.0. The van der Waals surface area contributed by atoms with E-state index in [1.54, 1.807) is 4.90 Å². The van der Waals surface area contributed by atoms with Crippen LogP contribution in [-0.4, -0.2) is 72.7 Å². The van der Waals surface area contributed by atoms with Crippen molar-refractivity contribution in [2.45, 2.75) is 153 Å². The molecular formula is C33H62N6O4. The number of nitrogens with one attached hydrogen (secondary N) is 2. The molecule has 43 heavy (non-hydrogen) atoms. The van der Waals surface area contributed by atoms with Crippen LogP contribution in [0.4, 0.5) is 0 Å². The molecule has 1 saturated heterocycles. The van der Waals surface area contributed by atoms with Crippen molar-refractivity contribution in [2.75, 3.05) is 19.6 Å². The fraction of sp³-hybridized carbons (Fsp3) is 0.818. The number of rotatable bonds is 26. The molecular weight excluding hydrogens is 544 g/mol. The second-order valence-electron chi connectivity index (χ2n) is 12.1. The molecule has 1 aliphatic rings. The summed E-state index contributed by atoms with van der Waals surface area (Å²) in [4.78, 5) is 50.1. The quantitative estimate of drug-likeness (QED) is 0.0568. The molecule has 1 fully saturated rings. The fourth-order valence-electron chi connectivity index (χ4n) is 5.58. The molecule has 1 rings (SSSR count). The van der Waals surface area contributed by atoms with Gasteiger partial charge in [-0.1, -0.05) is 70.4 Å². The third-order valence-corrected chi connectivity index (χ3v) is 8.31. The molecule has 0 radical (unpaired) electrons. The van der Waals surface area contributed by atoms with E-state index in [1.807, 2.05) is 0 Å². The normalized spacial score (nSPS) is 17.1. The first-order valence-corrected chi connectivity index (χ1v) is 17.0. The van der Waals surface area contributed by atoms with E-state index in [0.29, 0.717) is 38.6 Å². The Hall–Kier alpha value is -2.30. The summed E-state index contributed by atoms with van der Waals surface area (Å²) in [5, 5.41) is 5.58. The van der Waals surface area contributed by atoms with Crippen molar-refractivity contribution in [2.24, 2.45) is 17.2 Å². The lowest BCUT2D eigenvalue weighted by Crippen LogP contribution is -2.52. The lowest BCUT2D eigenvalue weighted by atomic mass is 10.0. The number of allylic oxidation sites excluding steroid dienone is 2. The number of nitrogens with zero attached hydrogens (tertiary/aromatic N) is 1. The number of hydrogen-bond acceptors (Lipinski definition) is 7. The summed E-state index contributed by atoms with van der Waals surface area (Å²) in [6.45, 7) is 3.23. The molecule has 10 heteroatoms. The fourth-order valence-corrected chi connectivity index (χ4v) is 5.58. The van der Waals surface area contributed by atoms with Crippen LogP contribution in [0.1, 0.15) is 129 Å². The van der Waals surface area contributed by atoms with Crippen LogP contribution in [-0.2, 0) is 19.2 Å². The molecule has 3 amide bonds. The summed E-state index contributed by atoms with van der Waals surface area (Å²) in [7, 11) is 0. The lowest BCUT2D eigenvalue weighted by molar-refractivity contribution is -0.132. The number of amides is 3. The van der Waals surface area contributed by atoms with Gasteiger partial charge in [0.05, 0.1) is 6.04 Å². The second-order valence-corrected chi connectivity index (χ2v) is 12.1. The van der Waals surface area contributed by atoms with Crippen LogP contribution >= 0.6 is 0 Å². The molecule has 0 aromatic heterocycles. The van der Waals surface area contributed by atoms with Crippen LogP contribution < -0.4 is 27.8 Å². The van der Waals surface area contributed by atoms with Gasteiger partial charge in [0, 0.05) is 44.6 Å². The van der Waals surface area contributed by atoms with Gasteiger partial charge in [-0.3, -0.25) is 14.4 Å². The van der Waals surface area contributed by atoms with Gasteiger partial charge in [-0.25, -0.2) is 0 Å².